The molecule has 0 aliphatic heterocycles. The Labute approximate surface area is 110 Å². The summed E-state index contributed by atoms with van der Waals surface area (Å²) in [6, 6.07) is 16.5. The largest absolute Gasteiger partial charge is 0.303 e. The van der Waals surface area contributed by atoms with Crippen molar-refractivity contribution in [2.45, 2.75) is 12.8 Å². The van der Waals surface area contributed by atoms with E-state index in [2.05, 4.69) is 40.2 Å². The molecule has 0 amide bonds. The summed E-state index contributed by atoms with van der Waals surface area (Å²) in [5.74, 6) is 0. The first-order valence-electron chi connectivity index (χ1n) is 5.54. The third-order valence-corrected chi connectivity index (χ3v) is 3.16. The molecule has 0 aliphatic rings. The van der Waals surface area contributed by atoms with Crippen LogP contribution in [0.1, 0.15) is 16.7 Å². The van der Waals surface area contributed by atoms with E-state index < -0.39 is 0 Å². The topological polar surface area (TPSA) is 17.1 Å². The highest BCUT2D eigenvalue weighted by molar-refractivity contribution is 9.10. The van der Waals surface area contributed by atoms with Crippen molar-refractivity contribution in [3.05, 3.63) is 69.7 Å². The van der Waals surface area contributed by atoms with Crippen LogP contribution in [0.2, 0.25) is 0 Å². The number of halogens is 1. The summed E-state index contributed by atoms with van der Waals surface area (Å²) in [5.41, 5.74) is 3.60. The molecule has 86 valence electrons. The zero-order valence-corrected chi connectivity index (χ0v) is 11.0. The first kappa shape index (κ1) is 12.1. The van der Waals surface area contributed by atoms with Crippen molar-refractivity contribution in [1.82, 2.24) is 0 Å². The molecule has 2 heteroatoms. The molecule has 0 saturated carbocycles. The second kappa shape index (κ2) is 5.78. The van der Waals surface area contributed by atoms with E-state index in [1.54, 1.807) is 0 Å². The third-order valence-electron chi connectivity index (χ3n) is 2.63. The van der Waals surface area contributed by atoms with Crippen molar-refractivity contribution in [1.29, 1.82) is 0 Å². The van der Waals surface area contributed by atoms with Crippen LogP contribution in [-0.2, 0) is 17.6 Å². The molecule has 2 rings (SSSR count). The molecule has 2 aromatic carbocycles. The molecule has 0 spiro atoms. The van der Waals surface area contributed by atoms with E-state index >= 15 is 0 Å². The van der Waals surface area contributed by atoms with E-state index in [0.717, 1.165) is 22.7 Å². The summed E-state index contributed by atoms with van der Waals surface area (Å²) < 4.78 is 1.09. The van der Waals surface area contributed by atoms with Crippen LogP contribution in [0.3, 0.4) is 0 Å². The highest BCUT2D eigenvalue weighted by atomic mass is 79.9. The van der Waals surface area contributed by atoms with Gasteiger partial charge in [-0.05, 0) is 35.2 Å². The maximum Gasteiger partial charge on any atom is 0.124 e. The number of carbonyl (C=O) groups is 1. The van der Waals surface area contributed by atoms with E-state index in [1.807, 2.05) is 24.3 Å². The van der Waals surface area contributed by atoms with Crippen LogP contribution in [0.4, 0.5) is 0 Å². The predicted octanol–water partition coefficient (Wildman–Crippen LogP) is 3.78. The first-order chi connectivity index (χ1) is 8.28. The van der Waals surface area contributed by atoms with Gasteiger partial charge in [0.1, 0.15) is 6.29 Å². The van der Waals surface area contributed by atoms with Crippen LogP contribution in [0.15, 0.2) is 53.0 Å². The van der Waals surface area contributed by atoms with Gasteiger partial charge in [0.25, 0.3) is 0 Å². The van der Waals surface area contributed by atoms with E-state index in [4.69, 9.17) is 0 Å². The molecule has 0 aliphatic carbocycles. The Bertz CT molecular complexity index is 503. The summed E-state index contributed by atoms with van der Waals surface area (Å²) in [6.45, 7) is 0. The van der Waals surface area contributed by atoms with Gasteiger partial charge in [0.05, 0.1) is 0 Å². The quantitative estimate of drug-likeness (QED) is 0.783. The first-order valence-corrected chi connectivity index (χ1v) is 6.33. The standard InChI is InChI=1S/C15H13BrO/c16-15-6-4-13(5-7-15)11-14-3-1-2-12(10-14)8-9-17/h1-7,9-10H,8,11H2. The minimum Gasteiger partial charge on any atom is -0.303 e. The summed E-state index contributed by atoms with van der Waals surface area (Å²) in [6.07, 6.45) is 2.34. The average Bonchev–Trinajstić information content (AvgIpc) is 2.33. The van der Waals surface area contributed by atoms with E-state index in [9.17, 15) is 4.79 Å². The molecule has 2 aromatic rings. The van der Waals surface area contributed by atoms with Crippen molar-refractivity contribution in [3.63, 3.8) is 0 Å². The van der Waals surface area contributed by atoms with Gasteiger partial charge in [-0.2, -0.15) is 0 Å². The fourth-order valence-electron chi connectivity index (χ4n) is 1.80. The van der Waals surface area contributed by atoms with E-state index in [-0.39, 0.29) is 0 Å². The van der Waals surface area contributed by atoms with Gasteiger partial charge in [0.2, 0.25) is 0 Å². The molecule has 0 saturated heterocycles. The summed E-state index contributed by atoms with van der Waals surface area (Å²) in [4.78, 5) is 10.5. The second-order valence-electron chi connectivity index (χ2n) is 3.99. The molecular formula is C15H13BrO. The molecule has 0 fully saturated rings. The maximum absolute atomic E-state index is 10.5. The van der Waals surface area contributed by atoms with Gasteiger partial charge in [0.15, 0.2) is 0 Å². The third kappa shape index (κ3) is 3.53. The molecule has 0 N–H and O–H groups in total. The summed E-state index contributed by atoms with van der Waals surface area (Å²) in [5, 5.41) is 0. The molecule has 0 radical (unpaired) electrons. The molecule has 1 nitrogen and oxygen atoms in total. The monoisotopic (exact) mass is 288 g/mol. The Hall–Kier alpha value is -1.41. The van der Waals surface area contributed by atoms with Gasteiger partial charge in [-0.1, -0.05) is 52.3 Å². The van der Waals surface area contributed by atoms with Gasteiger partial charge in [0, 0.05) is 10.9 Å². The number of hydrogen-bond acceptors (Lipinski definition) is 1. The Morgan fingerprint density at radius 1 is 0.941 bits per heavy atom. The van der Waals surface area contributed by atoms with Gasteiger partial charge in [-0.25, -0.2) is 0 Å². The number of rotatable bonds is 4. The molecule has 0 heterocycles. The summed E-state index contributed by atoms with van der Waals surface area (Å²) >= 11 is 3.42. The lowest BCUT2D eigenvalue weighted by Crippen LogP contribution is -1.91. The van der Waals surface area contributed by atoms with E-state index in [1.165, 1.54) is 11.1 Å². The van der Waals surface area contributed by atoms with Crippen LogP contribution in [0, 0.1) is 0 Å². The average molecular weight is 289 g/mol. The van der Waals surface area contributed by atoms with Gasteiger partial charge < -0.3 is 4.79 Å². The van der Waals surface area contributed by atoms with Crippen molar-refractivity contribution in [2.24, 2.45) is 0 Å². The number of hydrogen-bond donors (Lipinski definition) is 0. The van der Waals surface area contributed by atoms with Crippen LogP contribution in [0.25, 0.3) is 0 Å². The minimum atomic E-state index is 0.494. The van der Waals surface area contributed by atoms with Crippen molar-refractivity contribution < 1.29 is 4.79 Å². The summed E-state index contributed by atoms with van der Waals surface area (Å²) in [7, 11) is 0. The minimum absolute atomic E-state index is 0.494. The molecule has 0 aromatic heterocycles. The smallest absolute Gasteiger partial charge is 0.124 e. The van der Waals surface area contributed by atoms with Gasteiger partial charge in [-0.3, -0.25) is 0 Å². The second-order valence-corrected chi connectivity index (χ2v) is 4.91. The number of carbonyl (C=O) groups excluding carboxylic acids is 1. The van der Waals surface area contributed by atoms with Crippen molar-refractivity contribution in [3.8, 4) is 0 Å². The maximum atomic E-state index is 10.5. The molecule has 0 bridgehead atoms. The highest BCUT2D eigenvalue weighted by Gasteiger charge is 1.98. The van der Waals surface area contributed by atoms with Crippen molar-refractivity contribution in [2.75, 3.05) is 0 Å². The van der Waals surface area contributed by atoms with Crippen LogP contribution >= 0.6 is 15.9 Å². The lowest BCUT2D eigenvalue weighted by molar-refractivity contribution is -0.107. The molecule has 0 atom stereocenters. The lowest BCUT2D eigenvalue weighted by Gasteiger charge is -2.04. The SMILES string of the molecule is O=CCc1cccc(Cc2ccc(Br)cc2)c1. The van der Waals surface area contributed by atoms with Crippen molar-refractivity contribution >= 4 is 22.2 Å². The van der Waals surface area contributed by atoms with Crippen LogP contribution in [-0.4, -0.2) is 6.29 Å². The number of benzene rings is 2. The van der Waals surface area contributed by atoms with Gasteiger partial charge >= 0.3 is 0 Å². The Kier molecular flexibility index (Phi) is 4.10. The number of aldehydes is 1. The van der Waals surface area contributed by atoms with E-state index in [0.29, 0.717) is 6.42 Å². The van der Waals surface area contributed by atoms with Gasteiger partial charge in [-0.15, -0.1) is 0 Å². The Morgan fingerprint density at radius 2 is 1.65 bits per heavy atom. The zero-order chi connectivity index (χ0) is 12.1. The Morgan fingerprint density at radius 3 is 2.35 bits per heavy atom. The highest BCUT2D eigenvalue weighted by Crippen LogP contribution is 2.15. The van der Waals surface area contributed by atoms with Crippen LogP contribution < -0.4 is 0 Å². The van der Waals surface area contributed by atoms with Crippen LogP contribution in [0.5, 0.6) is 0 Å². The zero-order valence-electron chi connectivity index (χ0n) is 9.40. The molecular weight excluding hydrogens is 276 g/mol. The normalized spacial score (nSPS) is 10.2. The predicted molar refractivity (Wildman–Crippen MR) is 73.2 cm³/mol. The lowest BCUT2D eigenvalue weighted by atomic mass is 10.0. The molecule has 0 unspecified atom stereocenters. The fraction of sp³-hybridized carbons (Fsp3) is 0.133. The Balaban J connectivity index is 2.15. The molecule has 17 heavy (non-hydrogen) atoms. The fourth-order valence-corrected chi connectivity index (χ4v) is 2.07.